The average molecular weight is 280 g/mol. The van der Waals surface area contributed by atoms with Crippen LogP contribution in [0.1, 0.15) is 22.7 Å². The highest BCUT2D eigenvalue weighted by Gasteiger charge is 2.13. The number of halogens is 3. The zero-order chi connectivity index (χ0) is 14.7. The minimum atomic E-state index is -0.647. The third-order valence-electron chi connectivity index (χ3n) is 3.16. The quantitative estimate of drug-likeness (QED) is 0.667. The van der Waals surface area contributed by atoms with E-state index >= 15 is 0 Å². The molecule has 0 bridgehead atoms. The number of aryl methyl sites for hydroxylation is 1. The Morgan fingerprint density at radius 3 is 2.25 bits per heavy atom. The maximum Gasteiger partial charge on any atom is 0.126 e. The third-order valence-corrected chi connectivity index (χ3v) is 3.16. The highest BCUT2D eigenvalue weighted by Crippen LogP contribution is 2.21. The van der Waals surface area contributed by atoms with Crippen LogP contribution in [-0.2, 0) is 6.42 Å². The largest absolute Gasteiger partial charge is 0.271 e. The van der Waals surface area contributed by atoms with E-state index in [1.165, 1.54) is 18.2 Å². The lowest BCUT2D eigenvalue weighted by Crippen LogP contribution is -2.29. The van der Waals surface area contributed by atoms with E-state index in [1.54, 1.807) is 19.1 Å². The molecule has 0 heterocycles. The second-order valence-electron chi connectivity index (χ2n) is 4.71. The van der Waals surface area contributed by atoms with Gasteiger partial charge in [0.1, 0.15) is 17.5 Å². The van der Waals surface area contributed by atoms with Crippen molar-refractivity contribution in [3.8, 4) is 0 Å². The minimum Gasteiger partial charge on any atom is -0.271 e. The minimum absolute atomic E-state index is 0.258. The van der Waals surface area contributed by atoms with Crippen molar-refractivity contribution in [1.82, 2.24) is 5.43 Å². The molecule has 20 heavy (non-hydrogen) atoms. The van der Waals surface area contributed by atoms with Crippen molar-refractivity contribution < 1.29 is 13.2 Å². The fraction of sp³-hybridized carbons (Fsp3) is 0.200. The van der Waals surface area contributed by atoms with Gasteiger partial charge in [-0.25, -0.2) is 13.2 Å². The van der Waals surface area contributed by atoms with Crippen molar-refractivity contribution in [2.24, 2.45) is 5.84 Å². The van der Waals surface area contributed by atoms with Gasteiger partial charge in [-0.15, -0.1) is 0 Å². The van der Waals surface area contributed by atoms with E-state index in [4.69, 9.17) is 5.84 Å². The zero-order valence-corrected chi connectivity index (χ0v) is 11.0. The molecule has 0 amide bonds. The van der Waals surface area contributed by atoms with Crippen LogP contribution in [0.4, 0.5) is 13.2 Å². The molecule has 2 aromatic rings. The second-order valence-corrected chi connectivity index (χ2v) is 4.71. The van der Waals surface area contributed by atoms with E-state index in [-0.39, 0.29) is 12.2 Å². The van der Waals surface area contributed by atoms with Crippen molar-refractivity contribution in [3.05, 3.63) is 70.5 Å². The van der Waals surface area contributed by atoms with Crippen molar-refractivity contribution in [1.29, 1.82) is 0 Å². The van der Waals surface area contributed by atoms with Crippen LogP contribution in [-0.4, -0.2) is 0 Å². The number of rotatable bonds is 4. The summed E-state index contributed by atoms with van der Waals surface area (Å²) in [6.45, 7) is 1.66. The second kappa shape index (κ2) is 6.07. The maximum absolute atomic E-state index is 13.6. The smallest absolute Gasteiger partial charge is 0.126 e. The van der Waals surface area contributed by atoms with Crippen LogP contribution in [0.3, 0.4) is 0 Å². The number of hydrazine groups is 1. The summed E-state index contributed by atoms with van der Waals surface area (Å²) in [4.78, 5) is 0. The van der Waals surface area contributed by atoms with Crippen LogP contribution in [0.15, 0.2) is 36.4 Å². The molecule has 106 valence electrons. The van der Waals surface area contributed by atoms with Gasteiger partial charge in [-0.05, 0) is 48.2 Å². The maximum atomic E-state index is 13.6. The van der Waals surface area contributed by atoms with Gasteiger partial charge in [-0.3, -0.25) is 11.3 Å². The summed E-state index contributed by atoms with van der Waals surface area (Å²) < 4.78 is 39.9. The Balaban J connectivity index is 2.26. The van der Waals surface area contributed by atoms with Crippen LogP contribution in [0.25, 0.3) is 0 Å². The molecule has 1 unspecified atom stereocenters. The Morgan fingerprint density at radius 2 is 1.70 bits per heavy atom. The predicted molar refractivity (Wildman–Crippen MR) is 71.3 cm³/mol. The fourth-order valence-electron chi connectivity index (χ4n) is 2.06. The van der Waals surface area contributed by atoms with E-state index in [0.29, 0.717) is 16.7 Å². The Morgan fingerprint density at radius 1 is 1.05 bits per heavy atom. The summed E-state index contributed by atoms with van der Waals surface area (Å²) in [5.41, 5.74) is 4.15. The highest BCUT2D eigenvalue weighted by atomic mass is 19.1. The van der Waals surface area contributed by atoms with Crippen LogP contribution < -0.4 is 11.3 Å². The van der Waals surface area contributed by atoms with E-state index in [1.807, 2.05) is 0 Å². The van der Waals surface area contributed by atoms with Gasteiger partial charge in [0.2, 0.25) is 0 Å². The lowest BCUT2D eigenvalue weighted by Gasteiger charge is -2.17. The van der Waals surface area contributed by atoms with E-state index in [2.05, 4.69) is 5.43 Å². The van der Waals surface area contributed by atoms with Crippen molar-refractivity contribution in [3.63, 3.8) is 0 Å². The van der Waals surface area contributed by atoms with Crippen LogP contribution in [0, 0.1) is 24.4 Å². The molecule has 2 aromatic carbocycles. The van der Waals surface area contributed by atoms with Gasteiger partial charge in [-0.2, -0.15) is 0 Å². The topological polar surface area (TPSA) is 38.0 Å². The first-order valence-corrected chi connectivity index (χ1v) is 6.16. The van der Waals surface area contributed by atoms with Gasteiger partial charge in [0, 0.05) is 6.07 Å². The van der Waals surface area contributed by atoms with Crippen LogP contribution in [0.5, 0.6) is 0 Å². The zero-order valence-electron chi connectivity index (χ0n) is 11.0. The molecule has 0 aliphatic heterocycles. The summed E-state index contributed by atoms with van der Waals surface area (Å²) in [5, 5.41) is 0. The Bertz CT molecular complexity index is 594. The number of benzene rings is 2. The van der Waals surface area contributed by atoms with Gasteiger partial charge in [0.05, 0.1) is 6.04 Å². The highest BCUT2D eigenvalue weighted by molar-refractivity contribution is 5.28. The first-order chi connectivity index (χ1) is 9.49. The van der Waals surface area contributed by atoms with E-state index in [9.17, 15) is 13.2 Å². The molecule has 0 aliphatic carbocycles. The molecule has 1 atom stereocenters. The van der Waals surface area contributed by atoms with Gasteiger partial charge < -0.3 is 0 Å². The van der Waals surface area contributed by atoms with Crippen molar-refractivity contribution in [2.75, 3.05) is 0 Å². The van der Waals surface area contributed by atoms with Gasteiger partial charge in [-0.1, -0.05) is 12.1 Å². The molecule has 0 radical (unpaired) electrons. The molecular formula is C15H15F3N2. The number of hydrogen-bond donors (Lipinski definition) is 2. The lowest BCUT2D eigenvalue weighted by molar-refractivity contribution is 0.534. The summed E-state index contributed by atoms with van der Waals surface area (Å²) in [5.74, 6) is 3.82. The SMILES string of the molecule is Cc1ccc(C(Cc2cc(F)cc(F)c2)NN)cc1F. The number of nitrogens with two attached hydrogens (primary N) is 1. The molecule has 2 nitrogen and oxygen atoms in total. The molecule has 0 saturated heterocycles. The average Bonchev–Trinajstić information content (AvgIpc) is 2.38. The molecule has 3 N–H and O–H groups in total. The molecule has 2 rings (SSSR count). The van der Waals surface area contributed by atoms with E-state index < -0.39 is 17.7 Å². The third kappa shape index (κ3) is 3.37. The van der Waals surface area contributed by atoms with Gasteiger partial charge >= 0.3 is 0 Å². The molecule has 0 aliphatic rings. The van der Waals surface area contributed by atoms with Crippen LogP contribution >= 0.6 is 0 Å². The first kappa shape index (κ1) is 14.6. The standard InChI is InChI=1S/C15H15F3N2/c1-9-2-3-11(7-14(9)18)15(20-19)6-10-4-12(16)8-13(17)5-10/h2-5,7-8,15,20H,6,19H2,1H3. The fourth-order valence-corrected chi connectivity index (χ4v) is 2.06. The van der Waals surface area contributed by atoms with Crippen molar-refractivity contribution in [2.45, 2.75) is 19.4 Å². The molecule has 0 spiro atoms. The van der Waals surface area contributed by atoms with Crippen molar-refractivity contribution >= 4 is 0 Å². The summed E-state index contributed by atoms with van der Waals surface area (Å²) in [6, 6.07) is 7.59. The molecule has 0 saturated carbocycles. The van der Waals surface area contributed by atoms with Gasteiger partial charge in [0.25, 0.3) is 0 Å². The Labute approximate surface area is 115 Å². The van der Waals surface area contributed by atoms with Crippen LogP contribution in [0.2, 0.25) is 0 Å². The lowest BCUT2D eigenvalue weighted by atomic mass is 9.98. The molecule has 0 aromatic heterocycles. The number of nitrogens with one attached hydrogen (secondary N) is 1. The first-order valence-electron chi connectivity index (χ1n) is 6.16. The monoisotopic (exact) mass is 280 g/mol. The Kier molecular flexibility index (Phi) is 4.42. The van der Waals surface area contributed by atoms with E-state index in [0.717, 1.165) is 6.07 Å². The van der Waals surface area contributed by atoms with Gasteiger partial charge in [0.15, 0.2) is 0 Å². The summed E-state index contributed by atoms with van der Waals surface area (Å²) >= 11 is 0. The molecule has 0 fully saturated rings. The summed E-state index contributed by atoms with van der Waals surface area (Å²) in [6.07, 6.45) is 0.258. The molecular weight excluding hydrogens is 265 g/mol. The number of hydrogen-bond acceptors (Lipinski definition) is 2. The molecule has 5 heteroatoms. The normalized spacial score (nSPS) is 12.4. The Hall–Kier alpha value is -1.85. The predicted octanol–water partition coefficient (Wildman–Crippen LogP) is 3.16. The summed E-state index contributed by atoms with van der Waals surface area (Å²) in [7, 11) is 0.